The van der Waals surface area contributed by atoms with Crippen molar-refractivity contribution in [2.75, 3.05) is 10.6 Å². The molecule has 0 aliphatic heterocycles. The highest BCUT2D eigenvalue weighted by molar-refractivity contribution is 5.59. The van der Waals surface area contributed by atoms with Gasteiger partial charge in [0.1, 0.15) is 11.6 Å². The molecule has 0 fully saturated rings. The van der Waals surface area contributed by atoms with Crippen molar-refractivity contribution in [3.63, 3.8) is 0 Å². The van der Waals surface area contributed by atoms with Gasteiger partial charge in [-0.3, -0.25) is 0 Å². The van der Waals surface area contributed by atoms with Crippen molar-refractivity contribution >= 4 is 23.1 Å². The first kappa shape index (κ1) is 14.0. The molecule has 0 unspecified atom stereocenters. The summed E-state index contributed by atoms with van der Waals surface area (Å²) in [6.45, 7) is 2.04. The van der Waals surface area contributed by atoms with Crippen molar-refractivity contribution in [3.8, 4) is 0 Å². The smallest absolute Gasteiger partial charge is 0.229 e. The number of halogens is 1. The van der Waals surface area contributed by atoms with E-state index in [1.165, 1.54) is 17.7 Å². The second kappa shape index (κ2) is 6.22. The van der Waals surface area contributed by atoms with Crippen molar-refractivity contribution in [1.29, 1.82) is 0 Å². The molecule has 0 saturated carbocycles. The third-order valence-corrected chi connectivity index (χ3v) is 3.08. The number of rotatable bonds is 4. The fourth-order valence-electron chi connectivity index (χ4n) is 1.94. The van der Waals surface area contributed by atoms with Crippen LogP contribution in [-0.4, -0.2) is 9.97 Å². The summed E-state index contributed by atoms with van der Waals surface area (Å²) in [5, 5.41) is 6.25. The molecule has 0 spiro atoms. The van der Waals surface area contributed by atoms with Crippen molar-refractivity contribution in [2.24, 2.45) is 0 Å². The lowest BCUT2D eigenvalue weighted by molar-refractivity contribution is 0.628. The first-order valence-electron chi connectivity index (χ1n) is 6.88. The van der Waals surface area contributed by atoms with E-state index >= 15 is 0 Å². The zero-order chi connectivity index (χ0) is 15.4. The minimum Gasteiger partial charge on any atom is -0.340 e. The van der Waals surface area contributed by atoms with Crippen molar-refractivity contribution in [3.05, 3.63) is 72.2 Å². The Bertz CT molecular complexity index is 692. The van der Waals surface area contributed by atoms with Crippen LogP contribution < -0.4 is 10.6 Å². The Labute approximate surface area is 128 Å². The van der Waals surface area contributed by atoms with Crippen LogP contribution in [0.25, 0.3) is 0 Å². The lowest BCUT2D eigenvalue weighted by atomic mass is 10.2. The molecule has 0 saturated heterocycles. The summed E-state index contributed by atoms with van der Waals surface area (Å²) in [5.74, 6) is 0.855. The second-order valence-corrected chi connectivity index (χ2v) is 4.89. The molecule has 0 aliphatic rings. The maximum absolute atomic E-state index is 12.9. The highest BCUT2D eigenvalue weighted by atomic mass is 19.1. The zero-order valence-electron chi connectivity index (χ0n) is 12.0. The fourth-order valence-corrected chi connectivity index (χ4v) is 1.94. The van der Waals surface area contributed by atoms with E-state index in [0.717, 1.165) is 11.4 Å². The van der Waals surface area contributed by atoms with E-state index in [4.69, 9.17) is 0 Å². The number of nitrogens with zero attached hydrogens (tertiary/aromatic N) is 2. The van der Waals surface area contributed by atoms with Crippen LogP contribution in [0.4, 0.5) is 27.5 Å². The molecule has 2 N–H and O–H groups in total. The van der Waals surface area contributed by atoms with E-state index < -0.39 is 0 Å². The summed E-state index contributed by atoms with van der Waals surface area (Å²) in [4.78, 5) is 8.54. The Kier molecular flexibility index (Phi) is 3.96. The van der Waals surface area contributed by atoms with E-state index in [1.807, 2.05) is 31.2 Å². The standard InChI is InChI=1S/C17H15FN4/c1-12-2-6-14(7-3-12)20-16-10-11-19-17(22-16)21-15-8-4-13(18)5-9-15/h2-11H,1H3,(H2,19,20,21,22). The molecule has 3 rings (SSSR count). The van der Waals surface area contributed by atoms with Gasteiger partial charge in [-0.2, -0.15) is 4.98 Å². The van der Waals surface area contributed by atoms with Gasteiger partial charge in [0.2, 0.25) is 5.95 Å². The van der Waals surface area contributed by atoms with Crippen LogP contribution in [0.1, 0.15) is 5.56 Å². The molecule has 0 bridgehead atoms. The summed E-state index contributed by atoms with van der Waals surface area (Å²) >= 11 is 0. The topological polar surface area (TPSA) is 49.8 Å². The highest BCUT2D eigenvalue weighted by Crippen LogP contribution is 2.18. The molecular formula is C17H15FN4. The lowest BCUT2D eigenvalue weighted by Gasteiger charge is -2.08. The number of anilines is 4. The van der Waals surface area contributed by atoms with Gasteiger partial charge in [-0.05, 0) is 49.4 Å². The molecule has 4 nitrogen and oxygen atoms in total. The average molecular weight is 294 g/mol. The first-order valence-corrected chi connectivity index (χ1v) is 6.88. The number of hydrogen-bond acceptors (Lipinski definition) is 4. The Hall–Kier alpha value is -2.95. The number of aromatic nitrogens is 2. The normalized spacial score (nSPS) is 10.3. The van der Waals surface area contributed by atoms with Gasteiger partial charge >= 0.3 is 0 Å². The average Bonchev–Trinajstić information content (AvgIpc) is 2.52. The number of benzene rings is 2. The number of nitrogens with one attached hydrogen (secondary N) is 2. The molecule has 2 aromatic carbocycles. The Morgan fingerprint density at radius 3 is 2.18 bits per heavy atom. The molecule has 1 aromatic heterocycles. The van der Waals surface area contributed by atoms with E-state index in [0.29, 0.717) is 11.8 Å². The number of aryl methyl sites for hydroxylation is 1. The molecule has 110 valence electrons. The van der Waals surface area contributed by atoms with Gasteiger partial charge < -0.3 is 10.6 Å². The van der Waals surface area contributed by atoms with Crippen LogP contribution >= 0.6 is 0 Å². The lowest BCUT2D eigenvalue weighted by Crippen LogP contribution is -2.00. The third-order valence-electron chi connectivity index (χ3n) is 3.08. The van der Waals surface area contributed by atoms with Gasteiger partial charge in [0.25, 0.3) is 0 Å². The SMILES string of the molecule is Cc1ccc(Nc2ccnc(Nc3ccc(F)cc3)n2)cc1. The van der Waals surface area contributed by atoms with Gasteiger partial charge in [0.05, 0.1) is 0 Å². The van der Waals surface area contributed by atoms with Gasteiger partial charge in [-0.1, -0.05) is 17.7 Å². The van der Waals surface area contributed by atoms with Crippen molar-refractivity contribution in [1.82, 2.24) is 9.97 Å². The third kappa shape index (κ3) is 3.58. The van der Waals surface area contributed by atoms with E-state index in [9.17, 15) is 4.39 Å². The Balaban J connectivity index is 1.74. The van der Waals surface area contributed by atoms with Crippen LogP contribution in [0.15, 0.2) is 60.8 Å². The van der Waals surface area contributed by atoms with Gasteiger partial charge in [-0.25, -0.2) is 9.37 Å². The maximum Gasteiger partial charge on any atom is 0.229 e. The van der Waals surface area contributed by atoms with Crippen molar-refractivity contribution in [2.45, 2.75) is 6.92 Å². The summed E-state index contributed by atoms with van der Waals surface area (Å²) in [5.41, 5.74) is 2.89. The summed E-state index contributed by atoms with van der Waals surface area (Å²) < 4.78 is 12.9. The number of hydrogen-bond donors (Lipinski definition) is 2. The van der Waals surface area contributed by atoms with E-state index in [2.05, 4.69) is 20.6 Å². The molecule has 0 aliphatic carbocycles. The molecule has 3 aromatic rings. The quantitative estimate of drug-likeness (QED) is 0.748. The Morgan fingerprint density at radius 2 is 1.45 bits per heavy atom. The molecule has 1 heterocycles. The minimum absolute atomic E-state index is 0.277. The molecule has 0 atom stereocenters. The summed E-state index contributed by atoms with van der Waals surface area (Å²) in [7, 11) is 0. The molecule has 0 amide bonds. The van der Waals surface area contributed by atoms with Crippen molar-refractivity contribution < 1.29 is 4.39 Å². The van der Waals surface area contributed by atoms with Crippen LogP contribution in [0.2, 0.25) is 0 Å². The highest BCUT2D eigenvalue weighted by Gasteiger charge is 2.01. The first-order chi connectivity index (χ1) is 10.7. The summed E-state index contributed by atoms with van der Waals surface area (Å²) in [6, 6.07) is 15.9. The summed E-state index contributed by atoms with van der Waals surface area (Å²) in [6.07, 6.45) is 1.66. The largest absolute Gasteiger partial charge is 0.340 e. The molecule has 22 heavy (non-hydrogen) atoms. The second-order valence-electron chi connectivity index (χ2n) is 4.89. The fraction of sp³-hybridized carbons (Fsp3) is 0.0588. The van der Waals surface area contributed by atoms with Crippen LogP contribution in [0.5, 0.6) is 0 Å². The predicted octanol–water partition coefficient (Wildman–Crippen LogP) is 4.41. The van der Waals surface area contributed by atoms with Gasteiger partial charge in [0.15, 0.2) is 0 Å². The Morgan fingerprint density at radius 1 is 0.818 bits per heavy atom. The zero-order valence-corrected chi connectivity index (χ0v) is 12.0. The van der Waals surface area contributed by atoms with Crippen LogP contribution in [-0.2, 0) is 0 Å². The van der Waals surface area contributed by atoms with Crippen LogP contribution in [0.3, 0.4) is 0 Å². The maximum atomic E-state index is 12.9. The van der Waals surface area contributed by atoms with Gasteiger partial charge in [-0.15, -0.1) is 0 Å². The van der Waals surface area contributed by atoms with Crippen LogP contribution in [0, 0.1) is 12.7 Å². The molecule has 0 radical (unpaired) electrons. The monoisotopic (exact) mass is 294 g/mol. The van der Waals surface area contributed by atoms with E-state index in [-0.39, 0.29) is 5.82 Å². The van der Waals surface area contributed by atoms with E-state index in [1.54, 1.807) is 24.4 Å². The minimum atomic E-state index is -0.277. The molecule has 5 heteroatoms. The predicted molar refractivity (Wildman–Crippen MR) is 86.2 cm³/mol. The van der Waals surface area contributed by atoms with Gasteiger partial charge in [0, 0.05) is 17.6 Å². The molecular weight excluding hydrogens is 279 g/mol.